The number of esters is 1. The fourth-order valence-electron chi connectivity index (χ4n) is 2.44. The lowest BCUT2D eigenvalue weighted by molar-refractivity contribution is -0.144. The summed E-state index contributed by atoms with van der Waals surface area (Å²) in [4.78, 5) is 24.2. The highest BCUT2D eigenvalue weighted by Crippen LogP contribution is 2.14. The Morgan fingerprint density at radius 1 is 0.926 bits per heavy atom. The molecule has 1 unspecified atom stereocenters. The molecule has 0 saturated carbocycles. The van der Waals surface area contributed by atoms with Crippen LogP contribution < -0.4 is 14.8 Å². The molecule has 0 aliphatic rings. The third-order valence-corrected chi connectivity index (χ3v) is 3.94. The van der Waals surface area contributed by atoms with Crippen molar-refractivity contribution in [3.63, 3.8) is 0 Å². The third-order valence-electron chi connectivity index (χ3n) is 3.94. The zero-order valence-corrected chi connectivity index (χ0v) is 15.6. The van der Waals surface area contributed by atoms with Gasteiger partial charge >= 0.3 is 5.97 Å². The van der Waals surface area contributed by atoms with Gasteiger partial charge in [0.05, 0.1) is 21.3 Å². The Hall–Kier alpha value is -3.28. The predicted molar refractivity (Wildman–Crippen MR) is 103 cm³/mol. The molecule has 2 rings (SSSR count). The molecule has 0 spiro atoms. The minimum absolute atomic E-state index is 0.318. The van der Waals surface area contributed by atoms with Crippen molar-refractivity contribution in [2.24, 2.45) is 0 Å². The van der Waals surface area contributed by atoms with Crippen LogP contribution in [0, 0.1) is 0 Å². The lowest BCUT2D eigenvalue weighted by atomic mass is 10.1. The summed E-state index contributed by atoms with van der Waals surface area (Å²) in [6, 6.07) is 13.8. The highest BCUT2D eigenvalue weighted by molar-refractivity contribution is 5.94. The monoisotopic (exact) mass is 369 g/mol. The van der Waals surface area contributed by atoms with Crippen molar-refractivity contribution < 1.29 is 23.8 Å². The normalized spacial score (nSPS) is 11.7. The molecule has 27 heavy (non-hydrogen) atoms. The molecule has 0 aliphatic carbocycles. The summed E-state index contributed by atoms with van der Waals surface area (Å²) in [6.07, 6.45) is 3.36. The van der Waals surface area contributed by atoms with Crippen LogP contribution in [0.1, 0.15) is 11.1 Å². The van der Waals surface area contributed by atoms with Crippen LogP contribution in [0.5, 0.6) is 11.5 Å². The highest BCUT2D eigenvalue weighted by Gasteiger charge is 2.21. The maximum Gasteiger partial charge on any atom is 0.328 e. The largest absolute Gasteiger partial charge is 0.497 e. The molecule has 1 N–H and O–H groups in total. The second-order valence-corrected chi connectivity index (χ2v) is 5.74. The van der Waals surface area contributed by atoms with E-state index in [-0.39, 0.29) is 5.91 Å². The molecular weight excluding hydrogens is 346 g/mol. The Labute approximate surface area is 158 Å². The quantitative estimate of drug-likeness (QED) is 0.572. The van der Waals surface area contributed by atoms with Crippen molar-refractivity contribution in [1.82, 2.24) is 5.32 Å². The summed E-state index contributed by atoms with van der Waals surface area (Å²) in [5.74, 6) is 0.577. The Bertz CT molecular complexity index is 781. The van der Waals surface area contributed by atoms with Crippen LogP contribution in [0.2, 0.25) is 0 Å². The minimum Gasteiger partial charge on any atom is -0.497 e. The fourth-order valence-corrected chi connectivity index (χ4v) is 2.44. The van der Waals surface area contributed by atoms with E-state index in [1.54, 1.807) is 44.6 Å². The predicted octanol–water partition coefficient (Wildman–Crippen LogP) is 2.62. The smallest absolute Gasteiger partial charge is 0.328 e. The molecule has 0 saturated heterocycles. The average molecular weight is 369 g/mol. The SMILES string of the molecule is COC(=O)C(Cc1ccc(OC)cc1)NC(=O)C=Cc1ccc(OC)cc1. The molecule has 0 aromatic heterocycles. The third kappa shape index (κ3) is 6.18. The molecule has 2 aromatic carbocycles. The molecule has 0 fully saturated rings. The van der Waals surface area contributed by atoms with Gasteiger partial charge in [-0.3, -0.25) is 4.79 Å². The van der Waals surface area contributed by atoms with Crippen LogP contribution in [0.3, 0.4) is 0 Å². The van der Waals surface area contributed by atoms with Gasteiger partial charge in [-0.15, -0.1) is 0 Å². The summed E-state index contributed by atoms with van der Waals surface area (Å²) >= 11 is 0. The average Bonchev–Trinajstić information content (AvgIpc) is 2.72. The standard InChI is InChI=1S/C21H23NO5/c1-25-17-9-4-15(5-10-17)8-13-20(23)22-19(21(24)27-3)14-16-6-11-18(26-2)12-7-16/h4-13,19H,14H2,1-3H3,(H,22,23). The van der Waals surface area contributed by atoms with Crippen LogP contribution in [0.25, 0.3) is 6.08 Å². The van der Waals surface area contributed by atoms with Gasteiger partial charge < -0.3 is 19.5 Å². The summed E-state index contributed by atoms with van der Waals surface area (Å²) in [7, 11) is 4.47. The van der Waals surface area contributed by atoms with E-state index in [1.165, 1.54) is 13.2 Å². The molecule has 142 valence electrons. The number of methoxy groups -OCH3 is 3. The molecule has 0 heterocycles. The summed E-state index contributed by atoms with van der Waals surface area (Å²) in [5.41, 5.74) is 1.72. The summed E-state index contributed by atoms with van der Waals surface area (Å²) < 4.78 is 15.0. The molecule has 6 heteroatoms. The number of hydrogen-bond donors (Lipinski definition) is 1. The van der Waals surface area contributed by atoms with Crippen molar-refractivity contribution in [3.8, 4) is 11.5 Å². The number of ether oxygens (including phenoxy) is 3. The number of rotatable bonds is 8. The van der Waals surface area contributed by atoms with Gasteiger partial charge in [0.25, 0.3) is 0 Å². The molecule has 1 atom stereocenters. The first kappa shape index (κ1) is 20.0. The summed E-state index contributed by atoms with van der Waals surface area (Å²) in [5, 5.41) is 2.68. The molecule has 0 radical (unpaired) electrons. The van der Waals surface area contributed by atoms with Gasteiger partial charge in [0, 0.05) is 12.5 Å². The van der Waals surface area contributed by atoms with Crippen LogP contribution in [-0.2, 0) is 20.7 Å². The number of benzene rings is 2. The van der Waals surface area contributed by atoms with Crippen molar-refractivity contribution >= 4 is 18.0 Å². The number of nitrogens with one attached hydrogen (secondary N) is 1. The van der Waals surface area contributed by atoms with Gasteiger partial charge in [0.15, 0.2) is 0 Å². The van der Waals surface area contributed by atoms with E-state index in [2.05, 4.69) is 5.32 Å². The maximum atomic E-state index is 12.2. The molecule has 1 amide bonds. The maximum absolute atomic E-state index is 12.2. The van der Waals surface area contributed by atoms with Crippen LogP contribution >= 0.6 is 0 Å². The van der Waals surface area contributed by atoms with Crippen molar-refractivity contribution in [2.45, 2.75) is 12.5 Å². The molecule has 0 bridgehead atoms. The van der Waals surface area contributed by atoms with E-state index >= 15 is 0 Å². The van der Waals surface area contributed by atoms with Crippen LogP contribution in [-0.4, -0.2) is 39.2 Å². The second kappa shape index (κ2) is 10.0. The van der Waals surface area contributed by atoms with E-state index in [0.29, 0.717) is 6.42 Å². The van der Waals surface area contributed by atoms with E-state index < -0.39 is 12.0 Å². The fraction of sp³-hybridized carbons (Fsp3) is 0.238. The summed E-state index contributed by atoms with van der Waals surface area (Å²) in [6.45, 7) is 0. The number of hydrogen-bond acceptors (Lipinski definition) is 5. The first-order valence-electron chi connectivity index (χ1n) is 8.39. The van der Waals surface area contributed by atoms with Crippen molar-refractivity contribution in [3.05, 3.63) is 65.7 Å². The Morgan fingerprint density at radius 3 is 2.00 bits per heavy atom. The van der Waals surface area contributed by atoms with Gasteiger partial charge in [-0.25, -0.2) is 4.79 Å². The molecule has 0 aliphatic heterocycles. The molecule has 6 nitrogen and oxygen atoms in total. The zero-order valence-electron chi connectivity index (χ0n) is 15.6. The topological polar surface area (TPSA) is 73.9 Å². The number of amides is 1. The van der Waals surface area contributed by atoms with Gasteiger partial charge in [-0.1, -0.05) is 24.3 Å². The van der Waals surface area contributed by atoms with Gasteiger partial charge in [-0.05, 0) is 41.5 Å². The van der Waals surface area contributed by atoms with Crippen molar-refractivity contribution in [1.29, 1.82) is 0 Å². The van der Waals surface area contributed by atoms with Crippen LogP contribution in [0.15, 0.2) is 54.6 Å². The van der Waals surface area contributed by atoms with E-state index in [4.69, 9.17) is 14.2 Å². The van der Waals surface area contributed by atoms with Crippen molar-refractivity contribution in [2.75, 3.05) is 21.3 Å². The lowest BCUT2D eigenvalue weighted by Gasteiger charge is -2.15. The molecular formula is C21H23NO5. The van der Waals surface area contributed by atoms with E-state index in [1.807, 2.05) is 24.3 Å². The van der Waals surface area contributed by atoms with E-state index in [9.17, 15) is 9.59 Å². The first-order valence-corrected chi connectivity index (χ1v) is 8.39. The first-order chi connectivity index (χ1) is 13.0. The van der Waals surface area contributed by atoms with E-state index in [0.717, 1.165) is 22.6 Å². The van der Waals surface area contributed by atoms with Gasteiger partial charge in [-0.2, -0.15) is 0 Å². The Kier molecular flexibility index (Phi) is 7.43. The Balaban J connectivity index is 2.01. The number of carbonyl (C=O) groups is 2. The Morgan fingerprint density at radius 2 is 1.48 bits per heavy atom. The van der Waals surface area contributed by atoms with Gasteiger partial charge in [0.2, 0.25) is 5.91 Å². The van der Waals surface area contributed by atoms with Crippen LogP contribution in [0.4, 0.5) is 0 Å². The highest BCUT2D eigenvalue weighted by atomic mass is 16.5. The lowest BCUT2D eigenvalue weighted by Crippen LogP contribution is -2.42. The zero-order chi connectivity index (χ0) is 19.6. The molecule has 2 aromatic rings. The second-order valence-electron chi connectivity index (χ2n) is 5.74. The minimum atomic E-state index is -0.781. The number of carbonyl (C=O) groups excluding carboxylic acids is 2. The van der Waals surface area contributed by atoms with Gasteiger partial charge in [0.1, 0.15) is 17.5 Å².